The van der Waals surface area contributed by atoms with Gasteiger partial charge < -0.3 is 19.4 Å². The number of hydrogen-bond acceptors (Lipinski definition) is 8. The third-order valence-electron chi connectivity index (χ3n) is 9.75. The van der Waals surface area contributed by atoms with Crippen LogP contribution in [-0.4, -0.2) is 65.8 Å². The lowest BCUT2D eigenvalue weighted by molar-refractivity contribution is -0.137. The van der Waals surface area contributed by atoms with Gasteiger partial charge in [0.25, 0.3) is 5.91 Å². The van der Waals surface area contributed by atoms with Crippen LogP contribution in [0.15, 0.2) is 58.4 Å². The molecule has 8 rings (SSSR count). The maximum Gasteiger partial charge on any atom is 0.305 e. The molecule has 2 aromatic carbocycles. The fourth-order valence-corrected chi connectivity index (χ4v) is 11.1. The molecule has 5 aliphatic rings. The zero-order valence-corrected chi connectivity index (χ0v) is 25.3. The number of morpholine rings is 1. The summed E-state index contributed by atoms with van der Waals surface area (Å²) in [6.45, 7) is 2.11. The number of thiazole rings is 1. The van der Waals surface area contributed by atoms with Crippen molar-refractivity contribution in [2.24, 2.45) is 29.6 Å². The van der Waals surface area contributed by atoms with Gasteiger partial charge in [0.05, 0.1) is 35.8 Å². The second-order valence-corrected chi connectivity index (χ2v) is 14.4. The van der Waals surface area contributed by atoms with Gasteiger partial charge in [-0.1, -0.05) is 35.1 Å². The molecule has 12 heteroatoms. The summed E-state index contributed by atoms with van der Waals surface area (Å²) in [6.07, 6.45) is 0.809. The van der Waals surface area contributed by atoms with Gasteiger partial charge in [0.15, 0.2) is 6.61 Å². The quantitative estimate of drug-likeness (QED) is 0.421. The molecule has 2 saturated carbocycles. The van der Waals surface area contributed by atoms with Crippen molar-refractivity contribution in [3.05, 3.63) is 73.7 Å². The predicted molar refractivity (Wildman–Crippen MR) is 162 cm³/mol. The normalized spacial score (nSPS) is 30.8. The molecule has 4 fully saturated rings. The summed E-state index contributed by atoms with van der Waals surface area (Å²) in [5.41, 5.74) is 1.54. The number of rotatable bonds is 5. The third kappa shape index (κ3) is 4.38. The molecule has 0 unspecified atom stereocenters. The molecule has 9 nitrogen and oxygen atoms in total. The lowest BCUT2D eigenvalue weighted by Gasteiger charge is -2.43. The molecule has 4 heterocycles. The number of aromatic nitrogens is 1. The van der Waals surface area contributed by atoms with Crippen LogP contribution in [0.4, 0.5) is 5.69 Å². The van der Waals surface area contributed by atoms with Crippen molar-refractivity contribution in [1.82, 2.24) is 9.88 Å². The Kier molecular flexibility index (Phi) is 6.70. The highest BCUT2D eigenvalue weighted by molar-refractivity contribution is 8.00. The number of carbonyl (C=O) groups is 3. The highest BCUT2D eigenvalue weighted by Crippen LogP contribution is 2.68. The van der Waals surface area contributed by atoms with Gasteiger partial charge in [-0.25, -0.2) is 0 Å². The summed E-state index contributed by atoms with van der Waals surface area (Å²) >= 11 is 8.96. The van der Waals surface area contributed by atoms with Crippen LogP contribution in [0.25, 0.3) is 0 Å². The van der Waals surface area contributed by atoms with E-state index in [1.54, 1.807) is 40.9 Å². The topological polar surface area (TPSA) is 109 Å². The third-order valence-corrected chi connectivity index (χ3v) is 12.6. The summed E-state index contributed by atoms with van der Waals surface area (Å²) in [4.78, 5) is 60.0. The molecular weight excluding hydrogens is 610 g/mol. The van der Waals surface area contributed by atoms with Gasteiger partial charge in [0.2, 0.25) is 11.8 Å². The van der Waals surface area contributed by atoms with Crippen LogP contribution in [0.2, 0.25) is 5.02 Å². The van der Waals surface area contributed by atoms with E-state index in [9.17, 15) is 19.2 Å². The van der Waals surface area contributed by atoms with Crippen molar-refractivity contribution in [1.29, 1.82) is 0 Å². The van der Waals surface area contributed by atoms with E-state index in [0.29, 0.717) is 42.8 Å². The molecule has 2 saturated heterocycles. The number of nitrogens with one attached hydrogen (secondary N) is 1. The number of nitrogens with zero attached hydrogens (tertiary/aromatic N) is 2. The summed E-state index contributed by atoms with van der Waals surface area (Å²) < 4.78 is 11.3. The van der Waals surface area contributed by atoms with E-state index in [1.807, 2.05) is 24.3 Å². The van der Waals surface area contributed by atoms with Crippen molar-refractivity contribution in [3.63, 3.8) is 0 Å². The molecule has 7 atom stereocenters. The summed E-state index contributed by atoms with van der Waals surface area (Å²) in [6, 6.07) is 14.6. The van der Waals surface area contributed by atoms with Crippen LogP contribution in [-0.2, 0) is 19.1 Å². The minimum absolute atomic E-state index is 0.00377. The van der Waals surface area contributed by atoms with E-state index in [2.05, 4.69) is 4.98 Å². The number of ether oxygens (including phenoxy) is 2. The summed E-state index contributed by atoms with van der Waals surface area (Å²) in [5.74, 6) is -0.551. The summed E-state index contributed by atoms with van der Waals surface area (Å²) in [7, 11) is 0. The number of H-pyrrole nitrogens is 1. The molecule has 3 aromatic rings. The molecule has 1 N–H and O–H groups in total. The zero-order valence-electron chi connectivity index (χ0n) is 22.9. The number of amides is 3. The van der Waals surface area contributed by atoms with Crippen LogP contribution < -0.4 is 14.5 Å². The first-order valence-electron chi connectivity index (χ1n) is 14.5. The largest absolute Gasteiger partial charge is 0.484 e. The van der Waals surface area contributed by atoms with Crippen molar-refractivity contribution in [2.45, 2.75) is 22.6 Å². The predicted octanol–water partition coefficient (Wildman–Crippen LogP) is 4.01. The van der Waals surface area contributed by atoms with Gasteiger partial charge in [-0.15, -0.1) is 11.8 Å². The van der Waals surface area contributed by atoms with E-state index in [1.165, 1.54) is 16.2 Å². The molecule has 0 radical (unpaired) electrons. The van der Waals surface area contributed by atoms with Crippen LogP contribution in [0, 0.1) is 29.6 Å². The lowest BCUT2D eigenvalue weighted by atomic mass is 9.68. The van der Waals surface area contributed by atoms with E-state index in [-0.39, 0.29) is 70.0 Å². The van der Waals surface area contributed by atoms with E-state index < -0.39 is 0 Å². The first-order valence-corrected chi connectivity index (χ1v) is 16.6. The second kappa shape index (κ2) is 10.5. The monoisotopic (exact) mass is 637 g/mol. The number of aromatic amines is 1. The van der Waals surface area contributed by atoms with Gasteiger partial charge >= 0.3 is 4.87 Å². The molecule has 2 aliphatic carbocycles. The Morgan fingerprint density at radius 3 is 2.53 bits per heavy atom. The number of imide groups is 1. The minimum atomic E-state index is -0.389. The van der Waals surface area contributed by atoms with Gasteiger partial charge in [0.1, 0.15) is 5.75 Å². The number of benzene rings is 2. The van der Waals surface area contributed by atoms with E-state index >= 15 is 0 Å². The molecular formula is C31H28ClN3O6S2. The molecule has 3 aliphatic heterocycles. The average Bonchev–Trinajstić information content (AvgIpc) is 3.76. The van der Waals surface area contributed by atoms with Crippen molar-refractivity contribution >= 4 is 58.1 Å². The van der Waals surface area contributed by atoms with E-state index in [4.69, 9.17) is 21.1 Å². The van der Waals surface area contributed by atoms with Gasteiger partial charge in [-0.2, -0.15) is 0 Å². The maximum absolute atomic E-state index is 13.9. The Labute approximate surface area is 260 Å². The minimum Gasteiger partial charge on any atom is -0.484 e. The fraction of sp³-hybridized carbons (Fsp3) is 0.419. The van der Waals surface area contributed by atoms with Gasteiger partial charge in [-0.05, 0) is 66.1 Å². The SMILES string of the molecule is O=C(COc1cccc([C@@H]2c3sc(=O)[nH]c3S[C@@H]3[C@@H]4C[C@@H]([C@@H]5C(=O)N(c6ccc(Cl)cc6)C(=O)[C@@H]45)[C@H]23)c1)N1CCOCC1. The van der Waals surface area contributed by atoms with Crippen molar-refractivity contribution in [2.75, 3.05) is 37.8 Å². The van der Waals surface area contributed by atoms with E-state index in [0.717, 1.165) is 21.9 Å². The first-order chi connectivity index (χ1) is 20.9. The number of hydrogen-bond donors (Lipinski definition) is 1. The maximum atomic E-state index is 13.9. The number of anilines is 1. The van der Waals surface area contributed by atoms with Crippen LogP contribution in [0.3, 0.4) is 0 Å². The zero-order chi connectivity index (χ0) is 29.4. The van der Waals surface area contributed by atoms with Gasteiger partial charge in [0, 0.05) is 34.2 Å². The number of carbonyl (C=O) groups excluding carboxylic acids is 3. The molecule has 222 valence electrons. The van der Waals surface area contributed by atoms with Crippen LogP contribution in [0.5, 0.6) is 5.75 Å². The molecule has 0 spiro atoms. The molecule has 1 aromatic heterocycles. The molecule has 43 heavy (non-hydrogen) atoms. The van der Waals surface area contributed by atoms with Crippen LogP contribution >= 0.6 is 34.7 Å². The molecule has 2 bridgehead atoms. The highest BCUT2D eigenvalue weighted by Gasteiger charge is 2.69. The highest BCUT2D eigenvalue weighted by atomic mass is 35.5. The molecule has 3 amide bonds. The Bertz CT molecular complexity index is 1680. The van der Waals surface area contributed by atoms with Gasteiger partial charge in [-0.3, -0.25) is 24.1 Å². The van der Waals surface area contributed by atoms with Crippen LogP contribution in [0.1, 0.15) is 22.8 Å². The Balaban J connectivity index is 1.11. The number of thioether (sulfide) groups is 1. The average molecular weight is 638 g/mol. The smallest absolute Gasteiger partial charge is 0.305 e. The fourth-order valence-electron chi connectivity index (χ4n) is 8.08. The Hall–Kier alpha value is -3.12. The Morgan fingerprint density at radius 2 is 1.77 bits per heavy atom. The summed E-state index contributed by atoms with van der Waals surface area (Å²) in [5, 5.41) is 1.49. The lowest BCUT2D eigenvalue weighted by Crippen LogP contribution is -2.43. The Morgan fingerprint density at radius 1 is 1.02 bits per heavy atom. The first kappa shape index (κ1) is 27.4. The second-order valence-electron chi connectivity index (χ2n) is 11.8. The van der Waals surface area contributed by atoms with Crippen molar-refractivity contribution in [3.8, 4) is 5.75 Å². The standard InChI is InChI=1S/C31H28ClN3O6S2/c32-16-4-6-17(7-5-16)35-29(37)24-19-13-20(25(24)30(35)38)26-23(19)22(27-28(42-26)33-31(39)43-27)15-2-1-3-18(12-15)41-14-21(36)34-8-10-40-11-9-34/h1-7,12,19-20,22-26H,8-11,13-14H2,(H,33,39)/t19-,20-,22+,23-,24+,25+,26-/m1/s1. The number of halogens is 1. The van der Waals surface area contributed by atoms with Crippen molar-refractivity contribution < 1.29 is 23.9 Å². The number of fused-ring (bicyclic) bond motifs is 9.